The van der Waals surface area contributed by atoms with E-state index in [1.165, 1.54) is 0 Å². The Labute approximate surface area is 208 Å². The molecule has 0 saturated carbocycles. The van der Waals surface area contributed by atoms with E-state index >= 15 is 0 Å². The molecule has 0 aromatic rings. The minimum absolute atomic E-state index is 0.0957. The Morgan fingerprint density at radius 2 is 1.39 bits per heavy atom. The molecule has 0 spiro atoms. The number of hydrogen-bond acceptors (Lipinski definition) is 8. The zero-order valence-electron chi connectivity index (χ0n) is 20.4. The lowest BCUT2D eigenvalue weighted by atomic mass is 10.0. The van der Waals surface area contributed by atoms with Crippen LogP contribution >= 0.6 is 0 Å². The molecule has 36 heavy (non-hydrogen) atoms. The van der Waals surface area contributed by atoms with Gasteiger partial charge in [-0.3, -0.25) is 29.0 Å². The predicted molar refractivity (Wildman–Crippen MR) is 128 cm³/mol. The van der Waals surface area contributed by atoms with Crippen LogP contribution in [0.5, 0.6) is 0 Å². The van der Waals surface area contributed by atoms with Gasteiger partial charge in [0.1, 0.15) is 18.1 Å². The number of nitrogens with two attached hydrogens (primary N) is 5. The van der Waals surface area contributed by atoms with Crippen molar-refractivity contribution in [3.05, 3.63) is 0 Å². The number of carboxylic acids is 1. The highest BCUT2D eigenvalue weighted by molar-refractivity contribution is 5.96. The Hall–Kier alpha value is -3.95. The number of carboxylic acid groups (broad SMARTS) is 1. The summed E-state index contributed by atoms with van der Waals surface area (Å²) in [5.74, 6) is -6.21. The van der Waals surface area contributed by atoms with Gasteiger partial charge in [-0.15, -0.1) is 0 Å². The first-order valence-electron chi connectivity index (χ1n) is 11.2. The maximum atomic E-state index is 12.9. The maximum absolute atomic E-state index is 12.9. The van der Waals surface area contributed by atoms with Crippen LogP contribution in [0.25, 0.3) is 0 Å². The highest BCUT2D eigenvalue weighted by atomic mass is 16.4. The van der Waals surface area contributed by atoms with Gasteiger partial charge in [0.2, 0.25) is 29.5 Å². The van der Waals surface area contributed by atoms with Gasteiger partial charge in [0, 0.05) is 13.0 Å². The quantitative estimate of drug-likeness (QED) is 0.0509. The van der Waals surface area contributed by atoms with Crippen molar-refractivity contribution >= 4 is 41.5 Å². The van der Waals surface area contributed by atoms with Gasteiger partial charge in [-0.1, -0.05) is 13.8 Å². The molecule has 0 heterocycles. The molecular weight excluding hydrogens is 478 g/mol. The topological polar surface area (TPSA) is 301 Å². The van der Waals surface area contributed by atoms with Crippen LogP contribution in [-0.4, -0.2) is 77.3 Å². The monoisotopic (exact) mass is 515 g/mol. The van der Waals surface area contributed by atoms with Crippen LogP contribution in [0.1, 0.15) is 46.0 Å². The van der Waals surface area contributed by atoms with Crippen LogP contribution in [0.15, 0.2) is 4.99 Å². The standard InChI is InChI=1S/C20H37N9O7/c1-9(2)15(29-16(32)10(21)4-3-7-26-20(24)25)18(34)28-12(8-14(23)31)17(33)27-11(19(35)36)5-6-13(22)30/h9-12,15H,3-8,21H2,1-2H3,(H2,22,30)(H2,23,31)(H,27,33)(H,28,34)(H,29,32)(H,35,36)(H4,24,25,26). The number of amides is 5. The number of aliphatic carboxylic acids is 1. The Balaban J connectivity index is 5.35. The molecule has 0 aromatic carbocycles. The van der Waals surface area contributed by atoms with Crippen molar-refractivity contribution in [1.29, 1.82) is 0 Å². The van der Waals surface area contributed by atoms with Crippen molar-refractivity contribution in [2.45, 2.75) is 70.1 Å². The molecule has 0 radical (unpaired) electrons. The van der Waals surface area contributed by atoms with Crippen molar-refractivity contribution in [1.82, 2.24) is 16.0 Å². The molecule has 0 aliphatic heterocycles. The number of guanidine groups is 1. The van der Waals surface area contributed by atoms with Gasteiger partial charge >= 0.3 is 5.97 Å². The average Bonchev–Trinajstić information content (AvgIpc) is 2.75. The van der Waals surface area contributed by atoms with Crippen molar-refractivity contribution in [3.8, 4) is 0 Å². The summed E-state index contributed by atoms with van der Waals surface area (Å²) in [5, 5.41) is 16.2. The number of carbonyl (C=O) groups is 6. The van der Waals surface area contributed by atoms with Crippen LogP contribution in [0.2, 0.25) is 0 Å². The molecule has 4 unspecified atom stereocenters. The SMILES string of the molecule is CC(C)C(NC(=O)C(N)CCCN=C(N)N)C(=O)NC(CC(N)=O)C(=O)NC(CCC(N)=O)C(=O)O. The molecule has 0 saturated heterocycles. The van der Waals surface area contributed by atoms with Crippen LogP contribution in [0.4, 0.5) is 0 Å². The Morgan fingerprint density at radius 1 is 0.806 bits per heavy atom. The Kier molecular flexibility index (Phi) is 14.1. The fourth-order valence-corrected chi connectivity index (χ4v) is 2.93. The summed E-state index contributed by atoms with van der Waals surface area (Å²) in [5.41, 5.74) is 26.5. The lowest BCUT2D eigenvalue weighted by Crippen LogP contribution is -2.59. The largest absolute Gasteiger partial charge is 0.480 e. The van der Waals surface area contributed by atoms with E-state index in [-0.39, 0.29) is 31.8 Å². The van der Waals surface area contributed by atoms with Gasteiger partial charge in [0.15, 0.2) is 5.96 Å². The van der Waals surface area contributed by atoms with E-state index in [1.807, 2.05) is 0 Å². The third-order valence-electron chi connectivity index (χ3n) is 4.88. The lowest BCUT2D eigenvalue weighted by Gasteiger charge is -2.26. The third kappa shape index (κ3) is 13.1. The van der Waals surface area contributed by atoms with E-state index in [0.717, 1.165) is 0 Å². The summed E-state index contributed by atoms with van der Waals surface area (Å²) in [6, 6.07) is -5.17. The molecular formula is C20H37N9O7. The highest BCUT2D eigenvalue weighted by Crippen LogP contribution is 2.06. The zero-order chi connectivity index (χ0) is 28.0. The first-order valence-corrected chi connectivity index (χ1v) is 11.2. The maximum Gasteiger partial charge on any atom is 0.326 e. The summed E-state index contributed by atoms with van der Waals surface area (Å²) in [6.45, 7) is 3.52. The number of nitrogens with one attached hydrogen (secondary N) is 3. The number of hydrogen-bond donors (Lipinski definition) is 9. The van der Waals surface area contributed by atoms with Gasteiger partial charge < -0.3 is 49.7 Å². The lowest BCUT2D eigenvalue weighted by molar-refractivity contribution is -0.142. The number of primary amides is 2. The van der Waals surface area contributed by atoms with E-state index in [0.29, 0.717) is 6.42 Å². The molecule has 0 rings (SSSR count). The summed E-state index contributed by atoms with van der Waals surface area (Å²) >= 11 is 0. The molecule has 16 nitrogen and oxygen atoms in total. The summed E-state index contributed by atoms with van der Waals surface area (Å²) in [7, 11) is 0. The molecule has 0 aliphatic carbocycles. The van der Waals surface area contributed by atoms with E-state index in [4.69, 9.17) is 28.7 Å². The first-order chi connectivity index (χ1) is 16.6. The van der Waals surface area contributed by atoms with Crippen LogP contribution in [-0.2, 0) is 28.8 Å². The van der Waals surface area contributed by atoms with Crippen LogP contribution in [0, 0.1) is 5.92 Å². The molecule has 16 heteroatoms. The smallest absolute Gasteiger partial charge is 0.326 e. The van der Waals surface area contributed by atoms with Crippen LogP contribution < -0.4 is 44.6 Å². The van der Waals surface area contributed by atoms with Crippen molar-refractivity contribution < 1.29 is 33.9 Å². The fourth-order valence-electron chi connectivity index (χ4n) is 2.93. The summed E-state index contributed by atoms with van der Waals surface area (Å²) in [6.07, 6.45) is -0.643. The summed E-state index contributed by atoms with van der Waals surface area (Å²) < 4.78 is 0. The Morgan fingerprint density at radius 3 is 1.86 bits per heavy atom. The van der Waals surface area contributed by atoms with Gasteiger partial charge in [-0.25, -0.2) is 4.79 Å². The van der Waals surface area contributed by atoms with Gasteiger partial charge in [0.05, 0.1) is 12.5 Å². The second-order valence-corrected chi connectivity index (χ2v) is 8.42. The molecule has 0 bridgehead atoms. The number of aliphatic imine (C=N–C) groups is 1. The van der Waals surface area contributed by atoms with Crippen molar-refractivity contribution in [3.63, 3.8) is 0 Å². The minimum atomic E-state index is -1.54. The fraction of sp³-hybridized carbons (Fsp3) is 0.650. The van der Waals surface area contributed by atoms with E-state index in [9.17, 15) is 33.9 Å². The molecule has 5 amide bonds. The Bertz CT molecular complexity index is 843. The second kappa shape index (κ2) is 15.9. The van der Waals surface area contributed by atoms with Gasteiger partial charge in [0.25, 0.3) is 0 Å². The van der Waals surface area contributed by atoms with Gasteiger partial charge in [-0.2, -0.15) is 0 Å². The first kappa shape index (κ1) is 32.0. The predicted octanol–water partition coefficient (Wildman–Crippen LogP) is -4.30. The summed E-state index contributed by atoms with van der Waals surface area (Å²) in [4.78, 5) is 75.6. The van der Waals surface area contributed by atoms with E-state index < -0.39 is 72.0 Å². The van der Waals surface area contributed by atoms with Gasteiger partial charge in [-0.05, 0) is 25.2 Å². The third-order valence-corrected chi connectivity index (χ3v) is 4.88. The van der Waals surface area contributed by atoms with Crippen molar-refractivity contribution in [2.75, 3.05) is 6.54 Å². The van der Waals surface area contributed by atoms with Crippen molar-refractivity contribution in [2.24, 2.45) is 39.6 Å². The molecule has 14 N–H and O–H groups in total. The molecule has 204 valence electrons. The zero-order valence-corrected chi connectivity index (χ0v) is 20.4. The van der Waals surface area contributed by atoms with E-state index in [1.54, 1.807) is 13.8 Å². The highest BCUT2D eigenvalue weighted by Gasteiger charge is 2.32. The minimum Gasteiger partial charge on any atom is -0.480 e. The number of carbonyl (C=O) groups excluding carboxylic acids is 5. The molecule has 0 aromatic heterocycles. The normalized spacial score (nSPS) is 14.0. The number of rotatable bonds is 17. The average molecular weight is 516 g/mol. The molecule has 4 atom stereocenters. The van der Waals surface area contributed by atoms with E-state index in [2.05, 4.69) is 20.9 Å². The number of nitrogens with zero attached hydrogens (tertiary/aromatic N) is 1. The molecule has 0 fully saturated rings. The van der Waals surface area contributed by atoms with Crippen LogP contribution in [0.3, 0.4) is 0 Å². The second-order valence-electron chi connectivity index (χ2n) is 8.42. The molecule has 0 aliphatic rings.